The topological polar surface area (TPSA) is 112 Å². The van der Waals surface area contributed by atoms with Crippen molar-refractivity contribution in [1.29, 1.82) is 0 Å². The lowest BCUT2D eigenvalue weighted by Gasteiger charge is -2.41. The molecule has 1 aliphatic heterocycles. The number of nitrogens with zero attached hydrogens (tertiary/aromatic N) is 3. The third-order valence-corrected chi connectivity index (χ3v) is 5.91. The van der Waals surface area contributed by atoms with Crippen molar-refractivity contribution in [2.45, 2.75) is 44.3 Å². The normalized spacial score (nSPS) is 24.7. The van der Waals surface area contributed by atoms with Crippen LogP contribution in [-0.4, -0.2) is 40.5 Å². The van der Waals surface area contributed by atoms with Crippen LogP contribution in [-0.2, 0) is 10.3 Å². The molecule has 2 aromatic rings. The number of nitrogens with two attached hydrogens (primary N) is 1. The Labute approximate surface area is 193 Å². The van der Waals surface area contributed by atoms with E-state index in [0.717, 1.165) is 6.07 Å². The second kappa shape index (κ2) is 8.85. The van der Waals surface area contributed by atoms with E-state index in [4.69, 9.17) is 15.2 Å². The number of hydrogen-bond acceptors (Lipinski definition) is 7. The summed E-state index contributed by atoms with van der Waals surface area (Å²) in [6, 6.07) is 3.38. The molecule has 0 radical (unpaired) electrons. The summed E-state index contributed by atoms with van der Waals surface area (Å²) in [7, 11) is 0. The van der Waals surface area contributed by atoms with E-state index in [1.54, 1.807) is 6.92 Å². The van der Waals surface area contributed by atoms with Gasteiger partial charge in [-0.2, -0.15) is 0 Å². The number of halogens is 3. The maximum Gasteiger partial charge on any atom is 0.283 e. The summed E-state index contributed by atoms with van der Waals surface area (Å²) in [5.41, 5.74) is 4.07. The van der Waals surface area contributed by atoms with Gasteiger partial charge in [-0.3, -0.25) is 4.79 Å². The number of carbonyl (C=O) groups is 1. The summed E-state index contributed by atoms with van der Waals surface area (Å²) >= 11 is 0. The third kappa shape index (κ3) is 4.35. The van der Waals surface area contributed by atoms with E-state index in [0.29, 0.717) is 0 Å². The van der Waals surface area contributed by atoms with Gasteiger partial charge >= 0.3 is 0 Å². The van der Waals surface area contributed by atoms with Gasteiger partial charge in [0.2, 0.25) is 5.88 Å². The molecule has 1 saturated carbocycles. The van der Waals surface area contributed by atoms with Crippen molar-refractivity contribution in [2.24, 2.45) is 16.6 Å². The van der Waals surface area contributed by atoms with Gasteiger partial charge in [-0.05, 0) is 38.5 Å². The zero-order valence-electron chi connectivity index (χ0n) is 18.4. The number of aliphatic imine (C=N–C) groups is 1. The lowest BCUT2D eigenvalue weighted by Crippen LogP contribution is -2.51. The molecule has 0 saturated heterocycles. The summed E-state index contributed by atoms with van der Waals surface area (Å²) in [4.78, 5) is 24.7. The SMILES string of the molecule is CC#CCOc1cnc(C(=O)Nc2ccc(F)c([C@@]3(C)N=C(N)O[C@@H]4CCC(F)(F)[C@@H]43)c2)cn1. The van der Waals surface area contributed by atoms with Gasteiger partial charge in [-0.25, -0.2) is 28.1 Å². The first kappa shape index (κ1) is 23.4. The molecule has 1 fully saturated rings. The third-order valence-electron chi connectivity index (χ3n) is 5.91. The Hall–Kier alpha value is -3.81. The minimum Gasteiger partial charge on any atom is -0.463 e. The van der Waals surface area contributed by atoms with Gasteiger partial charge in [-0.1, -0.05) is 5.92 Å². The zero-order chi connectivity index (χ0) is 24.5. The number of alkyl halides is 2. The van der Waals surface area contributed by atoms with Gasteiger partial charge in [0.05, 0.1) is 18.3 Å². The molecule has 2 aliphatic rings. The quantitative estimate of drug-likeness (QED) is 0.645. The Morgan fingerprint density at radius 3 is 2.85 bits per heavy atom. The van der Waals surface area contributed by atoms with Crippen LogP contribution in [0.2, 0.25) is 0 Å². The van der Waals surface area contributed by atoms with E-state index in [-0.39, 0.29) is 41.9 Å². The molecule has 178 valence electrons. The molecule has 1 aliphatic carbocycles. The molecule has 11 heteroatoms. The number of nitrogens with one attached hydrogen (secondary N) is 1. The molecule has 0 unspecified atom stereocenters. The molecule has 4 rings (SSSR count). The van der Waals surface area contributed by atoms with Crippen LogP contribution in [0, 0.1) is 23.6 Å². The number of amides is 1. The van der Waals surface area contributed by atoms with Crippen molar-refractivity contribution in [3.05, 3.63) is 47.7 Å². The van der Waals surface area contributed by atoms with Crippen molar-refractivity contribution in [3.8, 4) is 17.7 Å². The average molecular weight is 473 g/mol. The molecule has 8 nitrogen and oxygen atoms in total. The largest absolute Gasteiger partial charge is 0.463 e. The number of benzene rings is 1. The van der Waals surface area contributed by atoms with Crippen LogP contribution in [0.3, 0.4) is 0 Å². The minimum absolute atomic E-state index is 0.0262. The first-order valence-electron chi connectivity index (χ1n) is 10.5. The number of rotatable bonds is 5. The number of aromatic nitrogens is 2. The van der Waals surface area contributed by atoms with Crippen molar-refractivity contribution >= 4 is 17.6 Å². The Balaban J connectivity index is 1.59. The highest BCUT2D eigenvalue weighted by atomic mass is 19.3. The van der Waals surface area contributed by atoms with Crippen LogP contribution >= 0.6 is 0 Å². The fourth-order valence-corrected chi connectivity index (χ4v) is 4.41. The Morgan fingerprint density at radius 2 is 2.15 bits per heavy atom. The van der Waals surface area contributed by atoms with Gasteiger partial charge in [0.25, 0.3) is 17.9 Å². The van der Waals surface area contributed by atoms with Crippen LogP contribution in [0.4, 0.5) is 18.9 Å². The molecule has 0 bridgehead atoms. The molecular formula is C23H22F3N5O3. The highest BCUT2D eigenvalue weighted by Crippen LogP contribution is 2.54. The molecule has 3 N–H and O–H groups in total. The first-order valence-corrected chi connectivity index (χ1v) is 10.5. The van der Waals surface area contributed by atoms with E-state index in [9.17, 15) is 18.0 Å². The van der Waals surface area contributed by atoms with E-state index in [2.05, 4.69) is 32.1 Å². The van der Waals surface area contributed by atoms with E-state index in [1.807, 2.05) is 0 Å². The molecular weight excluding hydrogens is 451 g/mol. The van der Waals surface area contributed by atoms with Crippen molar-refractivity contribution in [2.75, 3.05) is 11.9 Å². The summed E-state index contributed by atoms with van der Waals surface area (Å²) in [6.07, 6.45) is 1.25. The van der Waals surface area contributed by atoms with Crippen LogP contribution < -0.4 is 15.8 Å². The zero-order valence-corrected chi connectivity index (χ0v) is 18.4. The Bertz CT molecular complexity index is 1190. The number of fused-ring (bicyclic) bond motifs is 1. The lowest BCUT2D eigenvalue weighted by atomic mass is 9.75. The van der Waals surface area contributed by atoms with Gasteiger partial charge in [0, 0.05) is 17.7 Å². The van der Waals surface area contributed by atoms with E-state index in [1.165, 1.54) is 31.5 Å². The highest BCUT2D eigenvalue weighted by molar-refractivity contribution is 6.02. The van der Waals surface area contributed by atoms with Crippen molar-refractivity contribution in [1.82, 2.24) is 9.97 Å². The first-order chi connectivity index (χ1) is 16.1. The molecule has 0 spiro atoms. The Morgan fingerprint density at radius 1 is 1.35 bits per heavy atom. The predicted octanol–water partition coefficient (Wildman–Crippen LogP) is 3.24. The standard InChI is InChI=1S/C23H22F3N5O3/c1-3-4-9-33-18-12-28-16(11-29-18)20(32)30-13-5-6-15(24)14(10-13)22(2)19-17(34-21(27)31-22)7-8-23(19,25)26/h5-6,10-12,17,19H,7-9H2,1-2H3,(H2,27,31)(H,30,32)/t17-,19+,22-/m1/s1. The molecule has 3 atom stereocenters. The van der Waals surface area contributed by atoms with Crippen LogP contribution in [0.15, 0.2) is 35.6 Å². The van der Waals surface area contributed by atoms with Crippen LogP contribution in [0.25, 0.3) is 0 Å². The highest BCUT2D eigenvalue weighted by Gasteiger charge is 2.62. The van der Waals surface area contributed by atoms with Gasteiger partial charge < -0.3 is 20.5 Å². The second-order valence-corrected chi connectivity index (χ2v) is 8.14. The molecule has 2 heterocycles. The number of ether oxygens (including phenoxy) is 2. The van der Waals surface area contributed by atoms with Gasteiger partial charge in [0.15, 0.2) is 6.61 Å². The molecule has 34 heavy (non-hydrogen) atoms. The maximum atomic E-state index is 14.9. The number of anilines is 1. The second-order valence-electron chi connectivity index (χ2n) is 8.14. The molecule has 1 amide bonds. The lowest BCUT2D eigenvalue weighted by molar-refractivity contribution is -0.0961. The fraction of sp³-hybridized carbons (Fsp3) is 0.391. The van der Waals surface area contributed by atoms with Crippen LogP contribution in [0.1, 0.15) is 42.7 Å². The molecule has 1 aromatic heterocycles. The summed E-state index contributed by atoms with van der Waals surface area (Å²) in [6.45, 7) is 3.20. The number of amidine groups is 1. The van der Waals surface area contributed by atoms with E-state index >= 15 is 0 Å². The smallest absolute Gasteiger partial charge is 0.283 e. The van der Waals surface area contributed by atoms with Gasteiger partial charge in [-0.15, -0.1) is 5.92 Å². The van der Waals surface area contributed by atoms with Crippen molar-refractivity contribution in [3.63, 3.8) is 0 Å². The summed E-state index contributed by atoms with van der Waals surface area (Å²) in [5, 5.41) is 2.58. The van der Waals surface area contributed by atoms with E-state index < -0.39 is 41.6 Å². The fourth-order valence-electron chi connectivity index (χ4n) is 4.41. The average Bonchev–Trinajstić information content (AvgIpc) is 3.10. The summed E-state index contributed by atoms with van der Waals surface area (Å²) in [5.74, 6) is -0.353. The van der Waals surface area contributed by atoms with Gasteiger partial charge in [0.1, 0.15) is 23.2 Å². The molecule has 1 aromatic carbocycles. The van der Waals surface area contributed by atoms with Crippen LogP contribution in [0.5, 0.6) is 5.88 Å². The minimum atomic E-state index is -3.13. The Kier molecular flexibility index (Phi) is 6.08. The van der Waals surface area contributed by atoms with Crippen molar-refractivity contribution < 1.29 is 27.4 Å². The number of hydrogen-bond donors (Lipinski definition) is 2. The predicted molar refractivity (Wildman–Crippen MR) is 117 cm³/mol. The number of carbonyl (C=O) groups excluding carboxylic acids is 1. The monoisotopic (exact) mass is 473 g/mol. The maximum absolute atomic E-state index is 14.9. The summed E-state index contributed by atoms with van der Waals surface area (Å²) < 4.78 is 55.0.